The van der Waals surface area contributed by atoms with Gasteiger partial charge >= 0.3 is 12.1 Å². The summed E-state index contributed by atoms with van der Waals surface area (Å²) in [6, 6.07) is 7.68. The number of halogens is 4. The van der Waals surface area contributed by atoms with Crippen molar-refractivity contribution in [3.63, 3.8) is 0 Å². The van der Waals surface area contributed by atoms with E-state index in [1.807, 2.05) is 0 Å². The van der Waals surface area contributed by atoms with E-state index < -0.39 is 17.7 Å². The molecule has 0 atom stereocenters. The van der Waals surface area contributed by atoms with E-state index in [0.29, 0.717) is 5.56 Å². The van der Waals surface area contributed by atoms with Crippen LogP contribution in [0.15, 0.2) is 34.8 Å². The lowest BCUT2D eigenvalue weighted by molar-refractivity contribution is -0.136. The molecule has 0 unspecified atom stereocenters. The molecule has 0 saturated carbocycles. The van der Waals surface area contributed by atoms with Crippen LogP contribution in [-0.4, -0.2) is 17.6 Å². The number of benzene rings is 1. The van der Waals surface area contributed by atoms with Crippen LogP contribution in [0.3, 0.4) is 0 Å². The molecule has 0 aliphatic heterocycles. The zero-order valence-electron chi connectivity index (χ0n) is 13.4. The summed E-state index contributed by atoms with van der Waals surface area (Å²) in [4.78, 5) is 16.2. The maximum Gasteiger partial charge on any atom is 0.417 e. The van der Waals surface area contributed by atoms with Gasteiger partial charge in [0.1, 0.15) is 9.71 Å². The lowest BCUT2D eigenvalue weighted by Crippen LogP contribution is -2.08. The lowest BCUT2D eigenvalue weighted by atomic mass is 10.1. The molecule has 0 bridgehead atoms. The van der Waals surface area contributed by atoms with E-state index in [1.165, 1.54) is 0 Å². The summed E-state index contributed by atoms with van der Waals surface area (Å²) in [5, 5.41) is -0.272. The molecule has 0 aliphatic carbocycles. The number of pyridine rings is 1. The molecule has 2 heterocycles. The number of fused-ring (bicyclic) bond motifs is 1. The number of nitrogens with two attached hydrogens (primary N) is 1. The number of nitrogens with zero attached hydrogens (tertiary/aromatic N) is 1. The van der Waals surface area contributed by atoms with Crippen molar-refractivity contribution in [1.82, 2.24) is 4.98 Å². The number of alkyl halides is 3. The van der Waals surface area contributed by atoms with Crippen molar-refractivity contribution in [1.29, 1.82) is 0 Å². The summed E-state index contributed by atoms with van der Waals surface area (Å²) in [7, 11) is 0. The molecule has 26 heavy (non-hydrogen) atoms. The first kappa shape index (κ1) is 18.7. The fourth-order valence-electron chi connectivity index (χ4n) is 2.46. The van der Waals surface area contributed by atoms with Gasteiger partial charge in [-0.3, -0.25) is 0 Å². The Morgan fingerprint density at radius 2 is 1.96 bits per heavy atom. The van der Waals surface area contributed by atoms with Crippen LogP contribution in [0.25, 0.3) is 21.5 Å². The minimum Gasteiger partial charge on any atom is -0.462 e. The van der Waals surface area contributed by atoms with E-state index in [0.717, 1.165) is 21.9 Å². The second-order valence-corrected chi connectivity index (χ2v) is 7.22. The number of thiophene rings is 1. The number of hydrogen-bond acceptors (Lipinski definition) is 5. The fourth-order valence-corrected chi connectivity index (χ4v) is 3.74. The Morgan fingerprint density at radius 3 is 2.54 bits per heavy atom. The van der Waals surface area contributed by atoms with Gasteiger partial charge in [0.2, 0.25) is 0 Å². The topological polar surface area (TPSA) is 65.2 Å². The van der Waals surface area contributed by atoms with Crippen LogP contribution in [0.4, 0.5) is 18.9 Å². The van der Waals surface area contributed by atoms with Crippen LogP contribution >= 0.6 is 27.3 Å². The van der Waals surface area contributed by atoms with E-state index in [4.69, 9.17) is 10.5 Å². The van der Waals surface area contributed by atoms with Crippen molar-refractivity contribution in [2.24, 2.45) is 0 Å². The van der Waals surface area contributed by atoms with Crippen LogP contribution in [-0.2, 0) is 10.9 Å². The van der Waals surface area contributed by atoms with Crippen molar-refractivity contribution in [2.45, 2.75) is 13.1 Å². The van der Waals surface area contributed by atoms with Crippen molar-refractivity contribution >= 4 is 49.1 Å². The van der Waals surface area contributed by atoms with E-state index >= 15 is 0 Å². The van der Waals surface area contributed by atoms with Crippen molar-refractivity contribution < 1.29 is 22.7 Å². The summed E-state index contributed by atoms with van der Waals surface area (Å²) in [5.74, 6) is -0.758. The van der Waals surface area contributed by atoms with E-state index in [9.17, 15) is 18.0 Å². The molecule has 0 fully saturated rings. The number of anilines is 1. The third-order valence-electron chi connectivity index (χ3n) is 3.61. The van der Waals surface area contributed by atoms with Crippen molar-refractivity contribution in [3.05, 3.63) is 45.2 Å². The van der Waals surface area contributed by atoms with Crippen LogP contribution < -0.4 is 5.73 Å². The molecule has 3 aromatic rings. The minimum atomic E-state index is -4.65. The second kappa shape index (κ2) is 6.88. The number of rotatable bonds is 3. The number of carbonyl (C=O) groups excluding carboxylic acids is 1. The molecule has 0 saturated heterocycles. The number of hydrogen-bond donors (Lipinski definition) is 1. The first-order chi connectivity index (χ1) is 12.2. The van der Waals surface area contributed by atoms with Gasteiger partial charge in [0.15, 0.2) is 0 Å². The molecule has 2 aromatic heterocycles. The molecule has 2 N–H and O–H groups in total. The summed E-state index contributed by atoms with van der Waals surface area (Å²) >= 11 is 4.08. The molecule has 0 radical (unpaired) electrons. The minimum absolute atomic E-state index is 0.0401. The molecule has 4 nitrogen and oxygen atoms in total. The molecule has 136 valence electrons. The molecule has 3 rings (SSSR count). The number of esters is 1. The highest BCUT2D eigenvalue weighted by Gasteiger charge is 2.36. The largest absolute Gasteiger partial charge is 0.462 e. The number of nitrogen functional groups attached to an aromatic ring is 1. The Morgan fingerprint density at radius 1 is 1.31 bits per heavy atom. The normalized spacial score (nSPS) is 11.7. The number of carbonyl (C=O) groups is 1. The van der Waals surface area contributed by atoms with Gasteiger partial charge in [-0.2, -0.15) is 13.2 Å². The van der Waals surface area contributed by atoms with Gasteiger partial charge in [-0.05, 0) is 25.1 Å². The fraction of sp³-hybridized carbons (Fsp3) is 0.176. The average Bonchev–Trinajstić information content (AvgIpc) is 2.91. The summed E-state index contributed by atoms with van der Waals surface area (Å²) in [6.45, 7) is 1.70. The van der Waals surface area contributed by atoms with Crippen LogP contribution in [0.2, 0.25) is 0 Å². The van der Waals surface area contributed by atoms with Gasteiger partial charge < -0.3 is 10.5 Å². The highest BCUT2D eigenvalue weighted by molar-refractivity contribution is 9.10. The van der Waals surface area contributed by atoms with Gasteiger partial charge in [0, 0.05) is 15.4 Å². The van der Waals surface area contributed by atoms with Gasteiger partial charge in [0.05, 0.1) is 23.6 Å². The number of ether oxygens (including phenoxy) is 1. The van der Waals surface area contributed by atoms with E-state index in [1.54, 1.807) is 31.2 Å². The Kier molecular flexibility index (Phi) is 4.94. The highest BCUT2D eigenvalue weighted by atomic mass is 79.9. The molecule has 0 amide bonds. The predicted octanol–water partition coefficient (Wildman–Crippen LogP) is 5.50. The Hall–Kier alpha value is -2.13. The van der Waals surface area contributed by atoms with Crippen LogP contribution in [0.5, 0.6) is 0 Å². The quantitative estimate of drug-likeness (QED) is 0.541. The van der Waals surface area contributed by atoms with Gasteiger partial charge in [-0.25, -0.2) is 9.78 Å². The molecular weight excluding hydrogens is 433 g/mol. The van der Waals surface area contributed by atoms with Crippen LogP contribution in [0, 0.1) is 0 Å². The van der Waals surface area contributed by atoms with Crippen LogP contribution in [0.1, 0.15) is 22.2 Å². The highest BCUT2D eigenvalue weighted by Crippen LogP contribution is 2.43. The molecule has 0 spiro atoms. The monoisotopic (exact) mass is 444 g/mol. The van der Waals surface area contributed by atoms with Gasteiger partial charge in [0.25, 0.3) is 0 Å². The van der Waals surface area contributed by atoms with E-state index in [2.05, 4.69) is 20.9 Å². The Labute approximate surface area is 158 Å². The summed E-state index contributed by atoms with van der Waals surface area (Å²) in [5.41, 5.74) is 5.32. The maximum absolute atomic E-state index is 13.6. The summed E-state index contributed by atoms with van der Waals surface area (Å²) < 4.78 is 46.5. The van der Waals surface area contributed by atoms with Gasteiger partial charge in [-0.15, -0.1) is 11.3 Å². The van der Waals surface area contributed by atoms with Crippen molar-refractivity contribution in [3.8, 4) is 11.3 Å². The average molecular weight is 445 g/mol. The third kappa shape index (κ3) is 3.41. The first-order valence-corrected chi connectivity index (χ1v) is 9.06. The molecular formula is C17H12BrF3N2O2S. The zero-order valence-corrected chi connectivity index (χ0v) is 15.8. The summed E-state index contributed by atoms with van der Waals surface area (Å²) in [6.07, 6.45) is -4.65. The third-order valence-corrected chi connectivity index (χ3v) is 5.21. The maximum atomic E-state index is 13.6. The molecule has 0 aliphatic rings. The zero-order chi connectivity index (χ0) is 19.1. The Bertz CT molecular complexity index is 984. The Balaban J connectivity index is 2.28. The molecule has 1 aromatic carbocycles. The smallest absolute Gasteiger partial charge is 0.417 e. The van der Waals surface area contributed by atoms with Gasteiger partial charge in [-0.1, -0.05) is 28.1 Å². The first-order valence-electron chi connectivity index (χ1n) is 7.45. The molecule has 9 heteroatoms. The SMILES string of the molecule is CCOC(=O)c1sc2nc(-c3ccc(Br)cc3)cc(C(F)(F)F)c2c1N. The number of aromatic nitrogens is 1. The van der Waals surface area contributed by atoms with Crippen molar-refractivity contribution in [2.75, 3.05) is 12.3 Å². The van der Waals surface area contributed by atoms with E-state index in [-0.39, 0.29) is 33.1 Å². The second-order valence-electron chi connectivity index (χ2n) is 5.31. The standard InChI is InChI=1S/C17H12BrF3N2O2S/c1-2-25-16(24)14-13(22)12-10(17(19,20)21)7-11(23-15(12)26-14)8-3-5-9(18)6-4-8/h3-7H,2,22H2,1H3. The lowest BCUT2D eigenvalue weighted by Gasteiger charge is -2.11. The predicted molar refractivity (Wildman–Crippen MR) is 98.1 cm³/mol.